The van der Waals surface area contributed by atoms with E-state index in [4.69, 9.17) is 5.11 Å². The lowest BCUT2D eigenvalue weighted by atomic mass is 9.92. The molecule has 9 heteroatoms. The maximum absolute atomic E-state index is 13.9. The van der Waals surface area contributed by atoms with Gasteiger partial charge in [0.05, 0.1) is 13.0 Å². The van der Waals surface area contributed by atoms with E-state index in [1.165, 1.54) is 6.08 Å². The number of benzene rings is 1. The first-order valence-electron chi connectivity index (χ1n) is 6.69. The Morgan fingerprint density at radius 2 is 2.04 bits per heavy atom. The number of carboxylic acid groups (broad SMARTS) is 1. The first kappa shape index (κ1) is 17.4. The van der Waals surface area contributed by atoms with E-state index < -0.39 is 50.2 Å². The van der Waals surface area contributed by atoms with Gasteiger partial charge in [-0.15, -0.1) is 0 Å². The minimum Gasteiger partial charge on any atom is -0.494 e. The number of nitrogens with one attached hydrogen (secondary N) is 1. The number of sulfonamides is 1. The van der Waals surface area contributed by atoms with Gasteiger partial charge in [-0.25, -0.2) is 21.9 Å². The molecular weight excluding hydrogens is 332 g/mol. The number of allylic oxidation sites excluding steroid dienone is 1. The third kappa shape index (κ3) is 3.85. The largest absolute Gasteiger partial charge is 0.494 e. The first-order chi connectivity index (χ1) is 10.7. The standard InChI is InChI=1S/C14H15F2NO5S/c1-22-12-6-11(16)13(7-10(12)15)23(20,21)17-9-4-2-3-8(5-9)14(18)19/h2,4,6-9,17H,3,5H2,1H3,(H,18,19)/t8-,9-/m0/s1. The lowest BCUT2D eigenvalue weighted by Crippen LogP contribution is -2.38. The van der Waals surface area contributed by atoms with Crippen LogP contribution in [0.4, 0.5) is 8.78 Å². The number of aliphatic carboxylic acids is 1. The Hall–Kier alpha value is -2.00. The molecule has 0 amide bonds. The summed E-state index contributed by atoms with van der Waals surface area (Å²) >= 11 is 0. The summed E-state index contributed by atoms with van der Waals surface area (Å²) in [6.45, 7) is 0. The van der Waals surface area contributed by atoms with Gasteiger partial charge in [-0.05, 0) is 12.8 Å². The van der Waals surface area contributed by atoms with Gasteiger partial charge in [-0.2, -0.15) is 0 Å². The van der Waals surface area contributed by atoms with E-state index in [0.717, 1.165) is 7.11 Å². The van der Waals surface area contributed by atoms with Crippen LogP contribution in [0.3, 0.4) is 0 Å². The number of carbonyl (C=O) groups is 1. The second kappa shape index (κ2) is 6.63. The van der Waals surface area contributed by atoms with Gasteiger partial charge in [0, 0.05) is 18.2 Å². The highest BCUT2D eigenvalue weighted by molar-refractivity contribution is 7.89. The van der Waals surface area contributed by atoms with Crippen LogP contribution in [0.25, 0.3) is 0 Å². The molecule has 0 bridgehead atoms. The minimum absolute atomic E-state index is 0.0331. The fourth-order valence-electron chi connectivity index (χ4n) is 2.31. The maximum atomic E-state index is 13.9. The molecule has 0 heterocycles. The quantitative estimate of drug-likeness (QED) is 0.791. The third-order valence-corrected chi connectivity index (χ3v) is 4.98. The Labute approximate surface area is 131 Å². The molecule has 0 spiro atoms. The van der Waals surface area contributed by atoms with Gasteiger partial charge in [0.2, 0.25) is 10.0 Å². The van der Waals surface area contributed by atoms with E-state index in [0.29, 0.717) is 18.6 Å². The topological polar surface area (TPSA) is 92.7 Å². The van der Waals surface area contributed by atoms with E-state index >= 15 is 0 Å². The molecule has 23 heavy (non-hydrogen) atoms. The minimum atomic E-state index is -4.35. The zero-order chi connectivity index (χ0) is 17.2. The summed E-state index contributed by atoms with van der Waals surface area (Å²) in [7, 11) is -3.22. The van der Waals surface area contributed by atoms with Crippen molar-refractivity contribution in [2.75, 3.05) is 7.11 Å². The molecule has 0 radical (unpaired) electrons. The molecule has 0 saturated heterocycles. The molecule has 0 saturated carbocycles. The Bertz CT molecular complexity index is 748. The molecular formula is C14H15F2NO5S. The molecule has 126 valence electrons. The Morgan fingerprint density at radius 3 is 2.65 bits per heavy atom. The van der Waals surface area contributed by atoms with Crippen LogP contribution in [0.5, 0.6) is 5.75 Å². The zero-order valence-electron chi connectivity index (χ0n) is 12.1. The van der Waals surface area contributed by atoms with Crippen molar-refractivity contribution >= 4 is 16.0 Å². The van der Waals surface area contributed by atoms with Gasteiger partial charge in [0.25, 0.3) is 0 Å². The Kier molecular flexibility index (Phi) is 5.00. The molecule has 2 atom stereocenters. The summed E-state index contributed by atoms with van der Waals surface area (Å²) in [5.74, 6) is -4.36. The normalized spacial score (nSPS) is 21.2. The van der Waals surface area contributed by atoms with Crippen LogP contribution in [0.2, 0.25) is 0 Å². The Balaban J connectivity index is 2.26. The van der Waals surface area contributed by atoms with Gasteiger partial charge in [0.1, 0.15) is 10.7 Å². The smallest absolute Gasteiger partial charge is 0.306 e. The van der Waals surface area contributed by atoms with E-state index in [9.17, 15) is 22.0 Å². The summed E-state index contributed by atoms with van der Waals surface area (Å²) in [4.78, 5) is 10.1. The van der Waals surface area contributed by atoms with Gasteiger partial charge < -0.3 is 9.84 Å². The van der Waals surface area contributed by atoms with Gasteiger partial charge >= 0.3 is 5.97 Å². The third-order valence-electron chi connectivity index (χ3n) is 3.48. The fraction of sp³-hybridized carbons (Fsp3) is 0.357. The number of carboxylic acids is 1. The molecule has 2 N–H and O–H groups in total. The highest BCUT2D eigenvalue weighted by atomic mass is 32.2. The van der Waals surface area contributed by atoms with Crippen molar-refractivity contribution in [1.29, 1.82) is 0 Å². The number of rotatable bonds is 5. The zero-order valence-corrected chi connectivity index (χ0v) is 12.9. The van der Waals surface area contributed by atoms with Crippen molar-refractivity contribution in [1.82, 2.24) is 4.72 Å². The van der Waals surface area contributed by atoms with Crippen molar-refractivity contribution in [2.45, 2.75) is 23.8 Å². The number of hydrogen-bond donors (Lipinski definition) is 2. The molecule has 1 aliphatic rings. The van der Waals surface area contributed by atoms with Crippen LogP contribution in [-0.2, 0) is 14.8 Å². The Morgan fingerprint density at radius 1 is 1.35 bits per heavy atom. The van der Waals surface area contributed by atoms with Crippen LogP contribution >= 0.6 is 0 Å². The van der Waals surface area contributed by atoms with Crippen molar-refractivity contribution in [2.24, 2.45) is 5.92 Å². The molecule has 6 nitrogen and oxygen atoms in total. The number of halogens is 2. The summed E-state index contributed by atoms with van der Waals surface area (Å²) in [5.41, 5.74) is 0. The lowest BCUT2D eigenvalue weighted by molar-refractivity contribution is -0.142. The van der Waals surface area contributed by atoms with Crippen molar-refractivity contribution < 1.29 is 31.8 Å². The SMILES string of the molecule is COc1cc(F)c(S(=O)(=O)N[C@H]2C=CC[C@H](C(=O)O)C2)cc1F. The second-order valence-electron chi connectivity index (χ2n) is 5.08. The van der Waals surface area contributed by atoms with Crippen molar-refractivity contribution in [3.63, 3.8) is 0 Å². The molecule has 0 aromatic heterocycles. The van der Waals surface area contributed by atoms with Crippen molar-refractivity contribution in [3.05, 3.63) is 35.9 Å². The molecule has 0 fully saturated rings. The predicted molar refractivity (Wildman–Crippen MR) is 76.5 cm³/mol. The van der Waals surface area contributed by atoms with E-state index in [1.54, 1.807) is 6.08 Å². The summed E-state index contributed by atoms with van der Waals surface area (Å²) in [5, 5.41) is 8.97. The number of hydrogen-bond acceptors (Lipinski definition) is 4. The molecule has 2 rings (SSSR count). The summed E-state index contributed by atoms with van der Waals surface area (Å²) < 4.78 is 58.7. The molecule has 1 aromatic rings. The highest BCUT2D eigenvalue weighted by Crippen LogP contribution is 2.26. The first-order valence-corrected chi connectivity index (χ1v) is 8.17. The molecule has 1 aromatic carbocycles. The van der Waals surface area contributed by atoms with Crippen LogP contribution < -0.4 is 9.46 Å². The van der Waals surface area contributed by atoms with Gasteiger partial charge in [-0.3, -0.25) is 4.79 Å². The summed E-state index contributed by atoms with van der Waals surface area (Å²) in [6, 6.07) is 0.359. The number of ether oxygens (including phenoxy) is 1. The molecule has 1 aliphatic carbocycles. The highest BCUT2D eigenvalue weighted by Gasteiger charge is 2.29. The second-order valence-corrected chi connectivity index (χ2v) is 6.76. The van der Waals surface area contributed by atoms with Crippen molar-refractivity contribution in [3.8, 4) is 5.75 Å². The van der Waals surface area contributed by atoms with E-state index in [2.05, 4.69) is 9.46 Å². The average Bonchev–Trinajstić information content (AvgIpc) is 2.48. The van der Waals surface area contributed by atoms with E-state index in [-0.39, 0.29) is 6.42 Å². The monoisotopic (exact) mass is 347 g/mol. The maximum Gasteiger partial charge on any atom is 0.306 e. The van der Waals surface area contributed by atoms with Crippen LogP contribution in [-0.4, -0.2) is 32.6 Å². The van der Waals surface area contributed by atoms with Gasteiger partial charge in [-0.1, -0.05) is 12.2 Å². The fourth-order valence-corrected chi connectivity index (χ4v) is 3.59. The predicted octanol–water partition coefficient (Wildman–Crippen LogP) is 1.67. The molecule has 0 unspecified atom stereocenters. The summed E-state index contributed by atoms with van der Waals surface area (Å²) in [6.07, 6.45) is 3.36. The number of methoxy groups -OCH3 is 1. The van der Waals surface area contributed by atoms with Gasteiger partial charge in [0.15, 0.2) is 11.6 Å². The van der Waals surface area contributed by atoms with E-state index in [1.807, 2.05) is 0 Å². The van der Waals surface area contributed by atoms with Crippen LogP contribution in [0, 0.1) is 17.6 Å². The average molecular weight is 347 g/mol. The lowest BCUT2D eigenvalue weighted by Gasteiger charge is -2.22. The van der Waals surface area contributed by atoms with Crippen LogP contribution in [0.15, 0.2) is 29.2 Å². The van der Waals surface area contributed by atoms with Crippen LogP contribution in [0.1, 0.15) is 12.8 Å². The molecule has 0 aliphatic heterocycles.